The van der Waals surface area contributed by atoms with Gasteiger partial charge in [0.15, 0.2) is 5.82 Å². The van der Waals surface area contributed by atoms with E-state index in [1.165, 1.54) is 12.0 Å². The van der Waals surface area contributed by atoms with Crippen molar-refractivity contribution < 1.29 is 4.74 Å². The van der Waals surface area contributed by atoms with E-state index in [2.05, 4.69) is 20.5 Å². The van der Waals surface area contributed by atoms with Crippen LogP contribution in [-0.2, 0) is 17.7 Å². The molecule has 4 heterocycles. The van der Waals surface area contributed by atoms with Gasteiger partial charge in [0.1, 0.15) is 5.82 Å². The fraction of sp³-hybridized carbons (Fsp3) is 0.550. The van der Waals surface area contributed by atoms with E-state index in [9.17, 15) is 0 Å². The van der Waals surface area contributed by atoms with Crippen molar-refractivity contribution in [1.29, 1.82) is 0 Å². The number of rotatable bonds is 7. The summed E-state index contributed by atoms with van der Waals surface area (Å²) in [5.41, 5.74) is 3.32. The molecule has 1 atom stereocenters. The highest BCUT2D eigenvalue weighted by Crippen LogP contribution is 2.25. The molecule has 0 saturated carbocycles. The zero-order chi connectivity index (χ0) is 18.5. The van der Waals surface area contributed by atoms with E-state index < -0.39 is 0 Å². The van der Waals surface area contributed by atoms with Crippen molar-refractivity contribution in [2.75, 3.05) is 51.8 Å². The molecule has 27 heavy (non-hydrogen) atoms. The van der Waals surface area contributed by atoms with E-state index in [1.807, 2.05) is 18.3 Å². The zero-order valence-electron chi connectivity index (χ0n) is 15.9. The molecule has 144 valence electrons. The number of hydrogen-bond donors (Lipinski definition) is 2. The van der Waals surface area contributed by atoms with Crippen molar-refractivity contribution in [1.82, 2.24) is 25.2 Å². The summed E-state index contributed by atoms with van der Waals surface area (Å²) in [6.07, 6.45) is 5.79. The minimum absolute atomic E-state index is 0.649. The van der Waals surface area contributed by atoms with Crippen LogP contribution in [0.15, 0.2) is 24.5 Å². The number of methoxy groups -OCH3 is 1. The average molecular weight is 368 g/mol. The number of nitrogens with one attached hydrogen (secondary N) is 2. The van der Waals surface area contributed by atoms with E-state index in [4.69, 9.17) is 14.7 Å². The fourth-order valence-corrected chi connectivity index (χ4v) is 3.87. The van der Waals surface area contributed by atoms with Crippen LogP contribution in [0, 0.1) is 5.92 Å². The van der Waals surface area contributed by atoms with Crippen LogP contribution in [0.1, 0.15) is 17.7 Å². The van der Waals surface area contributed by atoms with Crippen LogP contribution in [0.2, 0.25) is 0 Å². The highest BCUT2D eigenvalue weighted by atomic mass is 16.5. The van der Waals surface area contributed by atoms with Crippen molar-refractivity contribution >= 4 is 5.82 Å². The normalized spacial score (nSPS) is 19.8. The predicted octanol–water partition coefficient (Wildman–Crippen LogP) is 1.56. The molecule has 2 N–H and O–H groups in total. The van der Waals surface area contributed by atoms with Gasteiger partial charge in [-0.25, -0.2) is 9.97 Å². The molecule has 2 aliphatic rings. The van der Waals surface area contributed by atoms with Gasteiger partial charge in [0.05, 0.1) is 12.3 Å². The maximum absolute atomic E-state index is 5.20. The van der Waals surface area contributed by atoms with Gasteiger partial charge in [-0.15, -0.1) is 0 Å². The van der Waals surface area contributed by atoms with Crippen LogP contribution >= 0.6 is 0 Å². The molecule has 1 saturated heterocycles. The minimum atomic E-state index is 0.649. The first kappa shape index (κ1) is 18.3. The SMILES string of the molecule is COCCN1CC[C@@H](CNc2nc(-c3cccnc3)nc3c2CCNC3)C1. The molecule has 4 rings (SSSR count). The molecule has 1 fully saturated rings. The second-order valence-electron chi connectivity index (χ2n) is 7.32. The summed E-state index contributed by atoms with van der Waals surface area (Å²) >= 11 is 0. The van der Waals surface area contributed by atoms with Gasteiger partial charge in [-0.1, -0.05) is 0 Å². The number of aromatic nitrogens is 3. The second-order valence-corrected chi connectivity index (χ2v) is 7.32. The number of anilines is 1. The lowest BCUT2D eigenvalue weighted by Gasteiger charge is -2.22. The highest BCUT2D eigenvalue weighted by Gasteiger charge is 2.23. The van der Waals surface area contributed by atoms with E-state index in [1.54, 1.807) is 13.3 Å². The molecule has 0 unspecified atom stereocenters. The zero-order valence-corrected chi connectivity index (χ0v) is 15.9. The molecule has 7 heteroatoms. The van der Waals surface area contributed by atoms with Gasteiger partial charge in [-0.3, -0.25) is 4.98 Å². The van der Waals surface area contributed by atoms with Gasteiger partial charge in [0.25, 0.3) is 0 Å². The Balaban J connectivity index is 1.48. The van der Waals surface area contributed by atoms with Gasteiger partial charge in [0.2, 0.25) is 0 Å². The van der Waals surface area contributed by atoms with Gasteiger partial charge >= 0.3 is 0 Å². The van der Waals surface area contributed by atoms with Crippen LogP contribution in [0.5, 0.6) is 0 Å². The summed E-state index contributed by atoms with van der Waals surface area (Å²) in [6, 6.07) is 3.94. The molecule has 0 aliphatic carbocycles. The van der Waals surface area contributed by atoms with E-state index in [-0.39, 0.29) is 0 Å². The number of ether oxygens (including phenoxy) is 1. The van der Waals surface area contributed by atoms with E-state index in [0.29, 0.717) is 5.92 Å². The quantitative estimate of drug-likeness (QED) is 0.768. The Kier molecular flexibility index (Phi) is 5.91. The summed E-state index contributed by atoms with van der Waals surface area (Å²) in [5.74, 6) is 2.40. The lowest BCUT2D eigenvalue weighted by Crippen LogP contribution is -2.28. The average Bonchev–Trinajstić information content (AvgIpc) is 3.18. The van der Waals surface area contributed by atoms with Crippen LogP contribution in [-0.4, -0.2) is 66.3 Å². The molecule has 2 aromatic rings. The summed E-state index contributed by atoms with van der Waals surface area (Å²) < 4.78 is 5.20. The molecule has 2 aromatic heterocycles. The Bertz CT molecular complexity index is 754. The third kappa shape index (κ3) is 4.43. The van der Waals surface area contributed by atoms with Gasteiger partial charge in [0, 0.05) is 56.8 Å². The number of hydrogen-bond acceptors (Lipinski definition) is 7. The maximum Gasteiger partial charge on any atom is 0.163 e. The first-order valence-corrected chi connectivity index (χ1v) is 9.79. The smallest absolute Gasteiger partial charge is 0.163 e. The molecule has 0 amide bonds. The highest BCUT2D eigenvalue weighted by molar-refractivity contribution is 5.59. The molecular weight excluding hydrogens is 340 g/mol. The van der Waals surface area contributed by atoms with Crippen molar-refractivity contribution in [2.24, 2.45) is 5.92 Å². The van der Waals surface area contributed by atoms with E-state index in [0.717, 1.165) is 75.2 Å². The summed E-state index contributed by atoms with van der Waals surface area (Å²) in [6.45, 7) is 6.84. The molecule has 0 radical (unpaired) electrons. The van der Waals surface area contributed by atoms with Crippen LogP contribution < -0.4 is 10.6 Å². The van der Waals surface area contributed by atoms with Crippen LogP contribution in [0.3, 0.4) is 0 Å². The lowest BCUT2D eigenvalue weighted by atomic mass is 10.1. The van der Waals surface area contributed by atoms with Crippen LogP contribution in [0.4, 0.5) is 5.82 Å². The Morgan fingerprint density at radius 2 is 2.33 bits per heavy atom. The van der Waals surface area contributed by atoms with Crippen molar-refractivity contribution in [2.45, 2.75) is 19.4 Å². The first-order valence-electron chi connectivity index (χ1n) is 9.79. The molecule has 0 bridgehead atoms. The Hall–Kier alpha value is -2.09. The van der Waals surface area contributed by atoms with Gasteiger partial charge < -0.3 is 20.3 Å². The van der Waals surface area contributed by atoms with Gasteiger partial charge in [-0.2, -0.15) is 0 Å². The molecule has 0 spiro atoms. The van der Waals surface area contributed by atoms with E-state index >= 15 is 0 Å². The minimum Gasteiger partial charge on any atom is -0.383 e. The Morgan fingerprint density at radius 3 is 3.19 bits per heavy atom. The number of nitrogens with zero attached hydrogens (tertiary/aromatic N) is 4. The van der Waals surface area contributed by atoms with Crippen molar-refractivity contribution in [3.63, 3.8) is 0 Å². The molecular formula is C20H28N6O. The number of likely N-dealkylation sites (tertiary alicyclic amines) is 1. The monoisotopic (exact) mass is 368 g/mol. The third-order valence-corrected chi connectivity index (χ3v) is 5.40. The maximum atomic E-state index is 5.20. The predicted molar refractivity (Wildman–Crippen MR) is 106 cm³/mol. The number of pyridine rings is 1. The fourth-order valence-electron chi connectivity index (χ4n) is 3.87. The summed E-state index contributed by atoms with van der Waals surface area (Å²) in [5, 5.41) is 7.06. The van der Waals surface area contributed by atoms with Gasteiger partial charge in [-0.05, 0) is 44.0 Å². The van der Waals surface area contributed by atoms with Crippen LogP contribution in [0.25, 0.3) is 11.4 Å². The Morgan fingerprint density at radius 1 is 1.37 bits per heavy atom. The third-order valence-electron chi connectivity index (χ3n) is 5.40. The standard InChI is InChI=1S/C20H28N6O/c1-27-10-9-26-8-5-15(14-26)11-23-20-17-4-7-22-13-18(17)24-19(25-20)16-3-2-6-21-12-16/h2-3,6,12,15,22H,4-5,7-11,13-14H2,1H3,(H,23,24,25)/t15-/m0/s1. The topological polar surface area (TPSA) is 75.2 Å². The molecule has 0 aromatic carbocycles. The summed E-state index contributed by atoms with van der Waals surface area (Å²) in [4.78, 5) is 16.4. The largest absolute Gasteiger partial charge is 0.383 e. The molecule has 7 nitrogen and oxygen atoms in total. The molecule has 2 aliphatic heterocycles. The van der Waals surface area contributed by atoms with Crippen molar-refractivity contribution in [3.8, 4) is 11.4 Å². The van der Waals surface area contributed by atoms with Crippen molar-refractivity contribution in [3.05, 3.63) is 35.8 Å². The first-order chi connectivity index (χ1) is 13.3. The lowest BCUT2D eigenvalue weighted by molar-refractivity contribution is 0.159. The second kappa shape index (κ2) is 8.73. The number of fused-ring (bicyclic) bond motifs is 1. The summed E-state index contributed by atoms with van der Waals surface area (Å²) in [7, 11) is 1.77. The Labute approximate surface area is 160 Å².